The lowest BCUT2D eigenvalue weighted by molar-refractivity contribution is -0.122. The molecule has 2 aliphatic rings. The number of unbranched alkanes of at least 4 members (excludes halogenated alkanes) is 1. The van der Waals surface area contributed by atoms with Crippen LogP contribution in [-0.4, -0.2) is 30.9 Å². The summed E-state index contributed by atoms with van der Waals surface area (Å²) in [6.45, 7) is 3.07. The topological polar surface area (TPSA) is 95.7 Å². The Kier molecular flexibility index (Phi) is 5.93. The molecule has 1 fully saturated rings. The van der Waals surface area contributed by atoms with Crippen LogP contribution in [0.15, 0.2) is 42.5 Å². The summed E-state index contributed by atoms with van der Waals surface area (Å²) in [6, 6.07) is 13.0. The van der Waals surface area contributed by atoms with Gasteiger partial charge in [0.15, 0.2) is 0 Å². The summed E-state index contributed by atoms with van der Waals surface area (Å²) in [5, 5.41) is 2.90. The van der Waals surface area contributed by atoms with Gasteiger partial charge in [0.2, 0.25) is 11.8 Å². The fraction of sp³-hybridized carbons (Fsp3) is 0.375. The predicted octanol–water partition coefficient (Wildman–Crippen LogP) is 3.46. The largest absolute Gasteiger partial charge is 0.351 e. The maximum atomic E-state index is 12.8. The third-order valence-electron chi connectivity index (χ3n) is 6.08. The first kappa shape index (κ1) is 20.9. The molecule has 0 aliphatic carbocycles. The number of amides is 4. The minimum absolute atomic E-state index is 0.0460. The highest BCUT2D eigenvalue weighted by molar-refractivity contribution is 6.04. The Balaban J connectivity index is 1.41. The molecule has 162 valence electrons. The van der Waals surface area contributed by atoms with E-state index in [1.807, 2.05) is 24.3 Å². The zero-order valence-electron chi connectivity index (χ0n) is 17.8. The molecule has 1 atom stereocenters. The van der Waals surface area contributed by atoms with Gasteiger partial charge in [0.1, 0.15) is 0 Å². The SMILES string of the molecule is CCCCc1ccc(N2CC(C(=O)Nc3ccc4c(c3)N(C(N)=O)CC4)CC2=O)cc1. The van der Waals surface area contributed by atoms with Crippen molar-refractivity contribution in [3.05, 3.63) is 53.6 Å². The van der Waals surface area contributed by atoms with Crippen LogP contribution in [0.4, 0.5) is 21.9 Å². The Morgan fingerprint density at radius 2 is 1.94 bits per heavy atom. The molecule has 2 aromatic carbocycles. The molecule has 0 bridgehead atoms. The first-order valence-corrected chi connectivity index (χ1v) is 10.9. The average molecular weight is 421 g/mol. The van der Waals surface area contributed by atoms with Gasteiger partial charge < -0.3 is 16.0 Å². The number of nitrogens with two attached hydrogens (primary N) is 1. The van der Waals surface area contributed by atoms with Crippen molar-refractivity contribution in [1.82, 2.24) is 0 Å². The Morgan fingerprint density at radius 1 is 1.16 bits per heavy atom. The van der Waals surface area contributed by atoms with Gasteiger partial charge in [0, 0.05) is 30.9 Å². The number of nitrogens with one attached hydrogen (secondary N) is 1. The van der Waals surface area contributed by atoms with Gasteiger partial charge >= 0.3 is 6.03 Å². The van der Waals surface area contributed by atoms with E-state index in [0.717, 1.165) is 42.6 Å². The van der Waals surface area contributed by atoms with E-state index >= 15 is 0 Å². The van der Waals surface area contributed by atoms with Crippen LogP contribution >= 0.6 is 0 Å². The van der Waals surface area contributed by atoms with Crippen molar-refractivity contribution in [1.29, 1.82) is 0 Å². The number of benzene rings is 2. The molecule has 2 aromatic rings. The third-order valence-corrected chi connectivity index (χ3v) is 6.08. The molecule has 1 unspecified atom stereocenters. The van der Waals surface area contributed by atoms with Gasteiger partial charge in [-0.3, -0.25) is 14.5 Å². The molecule has 7 heteroatoms. The van der Waals surface area contributed by atoms with Crippen LogP contribution in [-0.2, 0) is 22.4 Å². The Bertz CT molecular complexity index is 1000. The number of fused-ring (bicyclic) bond motifs is 1. The number of anilines is 3. The van der Waals surface area contributed by atoms with Crippen molar-refractivity contribution in [3.63, 3.8) is 0 Å². The van der Waals surface area contributed by atoms with Gasteiger partial charge in [-0.1, -0.05) is 31.5 Å². The third kappa shape index (κ3) is 4.40. The zero-order valence-corrected chi connectivity index (χ0v) is 17.8. The number of aryl methyl sites for hydroxylation is 1. The van der Waals surface area contributed by atoms with Gasteiger partial charge in [-0.2, -0.15) is 0 Å². The lowest BCUT2D eigenvalue weighted by atomic mass is 10.1. The average Bonchev–Trinajstić information content (AvgIpc) is 3.36. The Hall–Kier alpha value is -3.35. The molecule has 0 saturated carbocycles. The Morgan fingerprint density at radius 3 is 2.65 bits per heavy atom. The molecule has 0 radical (unpaired) electrons. The van der Waals surface area contributed by atoms with Crippen LogP contribution in [0.1, 0.15) is 37.3 Å². The summed E-state index contributed by atoms with van der Waals surface area (Å²) in [6.07, 6.45) is 4.25. The van der Waals surface area contributed by atoms with Gasteiger partial charge in [-0.25, -0.2) is 4.79 Å². The quantitative estimate of drug-likeness (QED) is 0.749. The normalized spacial score (nSPS) is 17.7. The summed E-state index contributed by atoms with van der Waals surface area (Å²) in [5.74, 6) is -0.665. The highest BCUT2D eigenvalue weighted by Gasteiger charge is 2.35. The van der Waals surface area contributed by atoms with E-state index in [1.54, 1.807) is 11.0 Å². The highest BCUT2D eigenvalue weighted by Crippen LogP contribution is 2.32. The first-order chi connectivity index (χ1) is 15.0. The number of rotatable bonds is 6. The number of urea groups is 1. The van der Waals surface area contributed by atoms with Crippen LogP contribution in [0.2, 0.25) is 0 Å². The van der Waals surface area contributed by atoms with Gasteiger partial charge in [0.25, 0.3) is 0 Å². The van der Waals surface area contributed by atoms with Crippen molar-refractivity contribution in [3.8, 4) is 0 Å². The van der Waals surface area contributed by atoms with Crippen molar-refractivity contribution >= 4 is 34.9 Å². The number of carbonyl (C=O) groups is 3. The predicted molar refractivity (Wildman–Crippen MR) is 121 cm³/mol. The van der Waals surface area contributed by atoms with Crippen LogP contribution in [0.25, 0.3) is 0 Å². The summed E-state index contributed by atoms with van der Waals surface area (Å²) in [7, 11) is 0. The van der Waals surface area contributed by atoms with E-state index in [2.05, 4.69) is 24.4 Å². The summed E-state index contributed by atoms with van der Waals surface area (Å²) >= 11 is 0. The second-order valence-corrected chi connectivity index (χ2v) is 8.25. The van der Waals surface area contributed by atoms with E-state index < -0.39 is 11.9 Å². The van der Waals surface area contributed by atoms with Crippen LogP contribution < -0.4 is 20.9 Å². The summed E-state index contributed by atoms with van der Waals surface area (Å²) in [5.41, 5.74) is 9.89. The van der Waals surface area contributed by atoms with Gasteiger partial charge in [0.05, 0.1) is 11.6 Å². The summed E-state index contributed by atoms with van der Waals surface area (Å²) < 4.78 is 0. The number of primary amides is 1. The number of hydrogen-bond acceptors (Lipinski definition) is 3. The van der Waals surface area contributed by atoms with Gasteiger partial charge in [-0.15, -0.1) is 0 Å². The number of hydrogen-bond donors (Lipinski definition) is 2. The monoisotopic (exact) mass is 420 g/mol. The fourth-order valence-electron chi connectivity index (χ4n) is 4.29. The lowest BCUT2D eigenvalue weighted by Crippen LogP contribution is -2.34. The van der Waals surface area contributed by atoms with E-state index in [0.29, 0.717) is 18.8 Å². The summed E-state index contributed by atoms with van der Waals surface area (Å²) in [4.78, 5) is 40.2. The van der Waals surface area contributed by atoms with Crippen LogP contribution in [0.3, 0.4) is 0 Å². The minimum Gasteiger partial charge on any atom is -0.351 e. The van der Waals surface area contributed by atoms with Crippen molar-refractivity contribution < 1.29 is 14.4 Å². The maximum absolute atomic E-state index is 12.8. The zero-order chi connectivity index (χ0) is 22.0. The molecule has 2 heterocycles. The molecule has 3 N–H and O–H groups in total. The molecular formula is C24H28N4O3. The van der Waals surface area contributed by atoms with Gasteiger partial charge in [-0.05, 0) is 54.7 Å². The number of nitrogens with zero attached hydrogens (tertiary/aromatic N) is 2. The molecule has 4 amide bonds. The van der Waals surface area contributed by atoms with Crippen LogP contribution in [0, 0.1) is 5.92 Å². The maximum Gasteiger partial charge on any atom is 0.319 e. The standard InChI is InChI=1S/C24H28N4O3/c1-2-3-4-16-5-9-20(10-6-16)28-15-18(13-22(28)29)23(30)26-19-8-7-17-11-12-27(24(25)31)21(17)14-19/h5-10,14,18H,2-4,11-13,15H2,1H3,(H2,25,31)(H,26,30). The molecule has 2 aliphatic heterocycles. The van der Waals surface area contributed by atoms with Crippen molar-refractivity contribution in [2.75, 3.05) is 28.2 Å². The second kappa shape index (κ2) is 8.79. The molecule has 31 heavy (non-hydrogen) atoms. The minimum atomic E-state index is -0.500. The van der Waals surface area contributed by atoms with Crippen molar-refractivity contribution in [2.24, 2.45) is 11.7 Å². The van der Waals surface area contributed by atoms with E-state index in [4.69, 9.17) is 5.73 Å². The smallest absolute Gasteiger partial charge is 0.319 e. The number of carbonyl (C=O) groups excluding carboxylic acids is 3. The second-order valence-electron chi connectivity index (χ2n) is 8.25. The Labute approximate surface area is 182 Å². The molecule has 0 aromatic heterocycles. The fourth-order valence-corrected chi connectivity index (χ4v) is 4.29. The molecule has 4 rings (SSSR count). The van der Waals surface area contributed by atoms with Crippen molar-refractivity contribution in [2.45, 2.75) is 39.0 Å². The molecule has 0 spiro atoms. The van der Waals surface area contributed by atoms with Crippen LogP contribution in [0.5, 0.6) is 0 Å². The molecule has 1 saturated heterocycles. The highest BCUT2D eigenvalue weighted by atomic mass is 16.2. The van der Waals surface area contributed by atoms with E-state index in [9.17, 15) is 14.4 Å². The molecule has 7 nitrogen and oxygen atoms in total. The van der Waals surface area contributed by atoms with E-state index in [1.165, 1.54) is 10.5 Å². The lowest BCUT2D eigenvalue weighted by Gasteiger charge is -2.18. The van der Waals surface area contributed by atoms with E-state index in [-0.39, 0.29) is 18.2 Å². The first-order valence-electron chi connectivity index (χ1n) is 10.9. The molecular weight excluding hydrogens is 392 g/mol.